The Hall–Kier alpha value is -1.04. The van der Waals surface area contributed by atoms with Gasteiger partial charge >= 0.3 is 0 Å². The van der Waals surface area contributed by atoms with E-state index in [0.29, 0.717) is 0 Å². The molecule has 2 aliphatic rings. The molecule has 0 spiro atoms. The normalized spacial score (nSPS) is 21.3. The Bertz CT molecular complexity index is 260. The van der Waals surface area contributed by atoms with Gasteiger partial charge in [-0.1, -0.05) is 42.0 Å². The van der Waals surface area contributed by atoms with Crippen molar-refractivity contribution in [2.75, 3.05) is 0 Å². The van der Waals surface area contributed by atoms with E-state index in [-0.39, 0.29) is 0 Å². The third-order valence-electron chi connectivity index (χ3n) is 2.37. The van der Waals surface area contributed by atoms with Crippen molar-refractivity contribution in [3.05, 3.63) is 47.6 Å². The summed E-state index contributed by atoms with van der Waals surface area (Å²) in [5, 5.41) is 0. The van der Waals surface area contributed by atoms with Crippen molar-refractivity contribution in [3.63, 3.8) is 0 Å². The zero-order valence-electron chi connectivity index (χ0n) is 7.29. The second-order valence-electron chi connectivity index (χ2n) is 3.39. The van der Waals surface area contributed by atoms with E-state index in [1.807, 2.05) is 0 Å². The average molecular weight is 158 g/mol. The second kappa shape index (κ2) is 3.57. The van der Waals surface area contributed by atoms with Gasteiger partial charge in [-0.2, -0.15) is 0 Å². The molecule has 0 radical (unpaired) electrons. The van der Waals surface area contributed by atoms with Gasteiger partial charge < -0.3 is 0 Å². The molecule has 2 rings (SSSR count). The summed E-state index contributed by atoms with van der Waals surface area (Å²) in [6, 6.07) is 0. The average Bonchev–Trinajstić information content (AvgIpc) is 2.59. The largest absolute Gasteiger partial charge is 0.0813 e. The molecule has 0 aromatic rings. The van der Waals surface area contributed by atoms with Crippen LogP contribution in [0, 0.1) is 0 Å². The summed E-state index contributed by atoms with van der Waals surface area (Å²) in [4.78, 5) is 0. The summed E-state index contributed by atoms with van der Waals surface area (Å²) in [6.45, 7) is 0. The molecule has 2 aliphatic carbocycles. The Labute approximate surface area is 74.0 Å². The van der Waals surface area contributed by atoms with Gasteiger partial charge in [0.05, 0.1) is 0 Å². The molecule has 0 nitrogen and oxygen atoms in total. The number of rotatable bonds is 1. The van der Waals surface area contributed by atoms with Crippen LogP contribution in [0.15, 0.2) is 47.6 Å². The highest BCUT2D eigenvalue weighted by Gasteiger charge is 2.01. The van der Waals surface area contributed by atoms with Crippen molar-refractivity contribution in [1.82, 2.24) is 0 Å². The minimum Gasteiger partial charge on any atom is -0.0813 e. The summed E-state index contributed by atoms with van der Waals surface area (Å²) in [5.41, 5.74) is 2.87. The second-order valence-corrected chi connectivity index (χ2v) is 3.39. The number of hydrogen-bond donors (Lipinski definition) is 0. The first-order valence-corrected chi connectivity index (χ1v) is 4.71. The lowest BCUT2D eigenvalue weighted by Gasteiger charge is -2.08. The summed E-state index contributed by atoms with van der Waals surface area (Å²) in [7, 11) is 0. The first-order valence-electron chi connectivity index (χ1n) is 4.71. The van der Waals surface area contributed by atoms with E-state index in [9.17, 15) is 0 Å². The van der Waals surface area contributed by atoms with Crippen LogP contribution in [0.25, 0.3) is 0 Å². The highest BCUT2D eigenvalue weighted by molar-refractivity contribution is 5.44. The van der Waals surface area contributed by atoms with E-state index in [1.54, 1.807) is 0 Å². The van der Waals surface area contributed by atoms with Gasteiger partial charge in [0, 0.05) is 0 Å². The standard InChI is InChI=1S/C12H14/c1-2-6-11(7-3-1)10-12-8-4-5-9-12/h4-6,8-10H,1-3,7H2. The first-order chi connectivity index (χ1) is 5.95. The summed E-state index contributed by atoms with van der Waals surface area (Å²) < 4.78 is 0. The predicted molar refractivity (Wildman–Crippen MR) is 52.9 cm³/mol. The highest BCUT2D eigenvalue weighted by atomic mass is 14.1. The maximum Gasteiger partial charge on any atom is -0.0254 e. The van der Waals surface area contributed by atoms with Gasteiger partial charge in [-0.3, -0.25) is 0 Å². The molecule has 12 heavy (non-hydrogen) atoms. The Morgan fingerprint density at radius 2 is 1.92 bits per heavy atom. The summed E-state index contributed by atoms with van der Waals surface area (Å²) in [6.07, 6.45) is 18.5. The molecular formula is C12H14. The van der Waals surface area contributed by atoms with Crippen molar-refractivity contribution >= 4 is 0 Å². The Morgan fingerprint density at radius 3 is 2.58 bits per heavy atom. The minimum absolute atomic E-state index is 1.27. The van der Waals surface area contributed by atoms with Crippen LogP contribution in [-0.4, -0.2) is 0 Å². The van der Waals surface area contributed by atoms with Crippen LogP contribution in [0.5, 0.6) is 0 Å². The van der Waals surface area contributed by atoms with Crippen LogP contribution in [0.4, 0.5) is 0 Å². The quantitative estimate of drug-likeness (QED) is 0.547. The minimum atomic E-state index is 1.27. The van der Waals surface area contributed by atoms with E-state index in [1.165, 1.54) is 36.8 Å². The topological polar surface area (TPSA) is 0 Å². The van der Waals surface area contributed by atoms with Gasteiger partial charge in [-0.05, 0) is 31.3 Å². The molecule has 0 unspecified atom stereocenters. The number of hydrogen-bond acceptors (Lipinski definition) is 0. The lowest BCUT2D eigenvalue weighted by molar-refractivity contribution is 0.712. The molecule has 0 aromatic heterocycles. The third kappa shape index (κ3) is 1.76. The van der Waals surface area contributed by atoms with Crippen molar-refractivity contribution in [3.8, 4) is 0 Å². The SMILES string of the molecule is C1=CC(=CC2=CCCCC2)C=C1. The van der Waals surface area contributed by atoms with Crippen LogP contribution in [-0.2, 0) is 0 Å². The van der Waals surface area contributed by atoms with Crippen LogP contribution in [0.1, 0.15) is 25.7 Å². The first kappa shape index (κ1) is 7.60. The Morgan fingerprint density at radius 1 is 1.08 bits per heavy atom. The summed E-state index contributed by atoms with van der Waals surface area (Å²) in [5.74, 6) is 0. The van der Waals surface area contributed by atoms with Gasteiger partial charge in [0.1, 0.15) is 0 Å². The predicted octanol–water partition coefficient (Wildman–Crippen LogP) is 3.54. The van der Waals surface area contributed by atoms with E-state index in [4.69, 9.17) is 0 Å². The fourth-order valence-corrected chi connectivity index (χ4v) is 1.69. The molecule has 0 heteroatoms. The maximum atomic E-state index is 2.37. The molecule has 0 aliphatic heterocycles. The smallest absolute Gasteiger partial charge is 0.0254 e. The molecule has 62 valence electrons. The highest BCUT2D eigenvalue weighted by Crippen LogP contribution is 2.21. The Kier molecular flexibility index (Phi) is 2.26. The van der Waals surface area contributed by atoms with Gasteiger partial charge in [0.25, 0.3) is 0 Å². The Balaban J connectivity index is 2.10. The fraction of sp³-hybridized carbons (Fsp3) is 0.333. The van der Waals surface area contributed by atoms with Crippen molar-refractivity contribution in [2.24, 2.45) is 0 Å². The van der Waals surface area contributed by atoms with E-state index >= 15 is 0 Å². The van der Waals surface area contributed by atoms with Crippen LogP contribution in [0.2, 0.25) is 0 Å². The van der Waals surface area contributed by atoms with Gasteiger partial charge in [-0.25, -0.2) is 0 Å². The van der Waals surface area contributed by atoms with E-state index < -0.39 is 0 Å². The molecular weight excluding hydrogens is 144 g/mol. The lowest BCUT2D eigenvalue weighted by atomic mass is 9.98. The van der Waals surface area contributed by atoms with Crippen molar-refractivity contribution < 1.29 is 0 Å². The molecule has 0 saturated carbocycles. The van der Waals surface area contributed by atoms with Crippen molar-refractivity contribution in [1.29, 1.82) is 0 Å². The lowest BCUT2D eigenvalue weighted by Crippen LogP contribution is -1.88. The maximum absolute atomic E-state index is 2.37. The summed E-state index contributed by atoms with van der Waals surface area (Å²) >= 11 is 0. The van der Waals surface area contributed by atoms with Crippen molar-refractivity contribution in [2.45, 2.75) is 25.7 Å². The zero-order valence-corrected chi connectivity index (χ0v) is 7.29. The third-order valence-corrected chi connectivity index (χ3v) is 2.37. The molecule has 0 amide bonds. The van der Waals surface area contributed by atoms with E-state index in [2.05, 4.69) is 36.5 Å². The monoisotopic (exact) mass is 158 g/mol. The van der Waals surface area contributed by atoms with Crippen LogP contribution in [0.3, 0.4) is 0 Å². The molecule has 0 atom stereocenters. The van der Waals surface area contributed by atoms with Gasteiger partial charge in [0.2, 0.25) is 0 Å². The van der Waals surface area contributed by atoms with E-state index in [0.717, 1.165) is 0 Å². The molecule has 0 fully saturated rings. The van der Waals surface area contributed by atoms with Crippen LogP contribution >= 0.6 is 0 Å². The van der Waals surface area contributed by atoms with Crippen LogP contribution < -0.4 is 0 Å². The molecule has 0 saturated heterocycles. The van der Waals surface area contributed by atoms with Gasteiger partial charge in [0.15, 0.2) is 0 Å². The number of allylic oxidation sites excluding steroid dienone is 8. The molecule has 0 aromatic carbocycles. The molecule has 0 bridgehead atoms. The molecule has 0 N–H and O–H groups in total. The molecule has 0 heterocycles. The zero-order chi connectivity index (χ0) is 8.23. The fourth-order valence-electron chi connectivity index (χ4n) is 1.69. The van der Waals surface area contributed by atoms with Gasteiger partial charge in [-0.15, -0.1) is 0 Å².